The first-order valence-corrected chi connectivity index (χ1v) is 6.23. The van der Waals surface area contributed by atoms with Gasteiger partial charge in [-0.3, -0.25) is 4.79 Å². The smallest absolute Gasteiger partial charge is 0.253 e. The van der Waals surface area contributed by atoms with E-state index in [1.807, 2.05) is 42.7 Å². The molecule has 5 heteroatoms. The number of aromatic nitrogens is 2. The third kappa shape index (κ3) is 2.66. The van der Waals surface area contributed by atoms with E-state index in [-0.39, 0.29) is 5.91 Å². The van der Waals surface area contributed by atoms with Gasteiger partial charge in [0, 0.05) is 30.7 Å². The number of hydrogen-bond acceptors (Lipinski definition) is 3. The maximum Gasteiger partial charge on any atom is 0.253 e. The van der Waals surface area contributed by atoms with Gasteiger partial charge in [0.2, 0.25) is 0 Å². The molecule has 0 aliphatic heterocycles. The fourth-order valence-electron chi connectivity index (χ4n) is 2.11. The largest absolute Gasteiger partial charge is 0.351 e. The summed E-state index contributed by atoms with van der Waals surface area (Å²) in [5.41, 5.74) is 7.91. The van der Waals surface area contributed by atoms with Gasteiger partial charge >= 0.3 is 0 Å². The molecule has 0 radical (unpaired) electrons. The molecular weight excluding hydrogens is 240 g/mol. The number of nitrogens with zero attached hydrogens (tertiary/aromatic N) is 2. The van der Waals surface area contributed by atoms with Gasteiger partial charge in [0.25, 0.3) is 5.91 Å². The lowest BCUT2D eigenvalue weighted by atomic mass is 10.2. The number of rotatable bonds is 4. The van der Waals surface area contributed by atoms with Crippen molar-refractivity contribution in [1.82, 2.24) is 14.9 Å². The number of pyridine rings is 1. The summed E-state index contributed by atoms with van der Waals surface area (Å²) in [6, 6.07) is 7.58. The van der Waals surface area contributed by atoms with Crippen molar-refractivity contribution in [2.45, 2.75) is 13.8 Å². The fourth-order valence-corrected chi connectivity index (χ4v) is 2.11. The van der Waals surface area contributed by atoms with Gasteiger partial charge in [-0.25, -0.2) is 4.98 Å². The average molecular weight is 258 g/mol. The Balaban J connectivity index is 2.38. The van der Waals surface area contributed by atoms with E-state index in [2.05, 4.69) is 10.3 Å². The predicted molar refractivity (Wildman–Crippen MR) is 74.4 cm³/mol. The van der Waals surface area contributed by atoms with Crippen LogP contribution in [0.15, 0.2) is 30.5 Å². The standard InChI is InChI=1S/C14H18N4O/c1-10-9-12(14(19)17-8-6-15)11(2)18(10)13-5-3-4-7-16-13/h3-5,7,9H,6,8,15H2,1-2H3,(H,17,19). The highest BCUT2D eigenvalue weighted by atomic mass is 16.1. The van der Waals surface area contributed by atoms with Crippen LogP contribution in [-0.2, 0) is 0 Å². The molecule has 0 aliphatic carbocycles. The van der Waals surface area contributed by atoms with E-state index >= 15 is 0 Å². The van der Waals surface area contributed by atoms with Crippen LogP contribution in [0.2, 0.25) is 0 Å². The van der Waals surface area contributed by atoms with Crippen LogP contribution < -0.4 is 11.1 Å². The van der Waals surface area contributed by atoms with Crippen molar-refractivity contribution in [2.75, 3.05) is 13.1 Å². The number of nitrogens with one attached hydrogen (secondary N) is 1. The highest BCUT2D eigenvalue weighted by Crippen LogP contribution is 2.19. The van der Waals surface area contributed by atoms with Crippen molar-refractivity contribution in [3.05, 3.63) is 47.4 Å². The summed E-state index contributed by atoms with van der Waals surface area (Å²) in [5, 5.41) is 2.78. The lowest BCUT2D eigenvalue weighted by molar-refractivity contribution is 0.0954. The van der Waals surface area contributed by atoms with Crippen LogP contribution in [0.5, 0.6) is 0 Å². The maximum atomic E-state index is 12.0. The first-order valence-electron chi connectivity index (χ1n) is 6.23. The highest BCUT2D eigenvalue weighted by Gasteiger charge is 2.16. The van der Waals surface area contributed by atoms with Gasteiger partial charge in [0.15, 0.2) is 0 Å². The number of carbonyl (C=O) groups is 1. The van der Waals surface area contributed by atoms with E-state index in [0.717, 1.165) is 17.2 Å². The second-order valence-electron chi connectivity index (χ2n) is 4.35. The maximum absolute atomic E-state index is 12.0. The van der Waals surface area contributed by atoms with E-state index < -0.39 is 0 Å². The number of carbonyl (C=O) groups excluding carboxylic acids is 1. The van der Waals surface area contributed by atoms with E-state index in [9.17, 15) is 4.79 Å². The Labute approximate surface area is 112 Å². The second-order valence-corrected chi connectivity index (χ2v) is 4.35. The lowest BCUT2D eigenvalue weighted by Crippen LogP contribution is -2.29. The molecule has 5 nitrogen and oxygen atoms in total. The summed E-state index contributed by atoms with van der Waals surface area (Å²) in [4.78, 5) is 16.3. The van der Waals surface area contributed by atoms with Crippen LogP contribution in [0.25, 0.3) is 5.82 Å². The van der Waals surface area contributed by atoms with Crippen molar-refractivity contribution in [3.63, 3.8) is 0 Å². The Morgan fingerprint density at radius 2 is 2.21 bits per heavy atom. The molecule has 2 aromatic heterocycles. The molecule has 1 amide bonds. The fraction of sp³-hybridized carbons (Fsp3) is 0.286. The number of hydrogen-bond donors (Lipinski definition) is 2. The predicted octanol–water partition coefficient (Wildman–Crippen LogP) is 1.18. The molecule has 0 aromatic carbocycles. The normalized spacial score (nSPS) is 10.5. The molecule has 0 atom stereocenters. The number of aryl methyl sites for hydroxylation is 1. The molecular formula is C14H18N4O. The number of nitrogens with two attached hydrogens (primary N) is 1. The molecule has 0 saturated heterocycles. The Kier molecular flexibility index (Phi) is 3.97. The quantitative estimate of drug-likeness (QED) is 0.865. The molecule has 0 unspecified atom stereocenters. The van der Waals surface area contributed by atoms with Crippen LogP contribution >= 0.6 is 0 Å². The molecule has 0 spiro atoms. The van der Waals surface area contributed by atoms with Crippen LogP contribution in [0.1, 0.15) is 21.7 Å². The van der Waals surface area contributed by atoms with Crippen molar-refractivity contribution >= 4 is 5.91 Å². The first-order chi connectivity index (χ1) is 9.15. The molecule has 100 valence electrons. The van der Waals surface area contributed by atoms with E-state index in [1.54, 1.807) is 6.20 Å². The molecule has 0 bridgehead atoms. The minimum atomic E-state index is -0.0965. The van der Waals surface area contributed by atoms with Crippen LogP contribution in [0.3, 0.4) is 0 Å². The van der Waals surface area contributed by atoms with Gasteiger partial charge in [-0.15, -0.1) is 0 Å². The Morgan fingerprint density at radius 1 is 1.42 bits per heavy atom. The SMILES string of the molecule is Cc1cc(C(=O)NCCN)c(C)n1-c1ccccn1. The minimum absolute atomic E-state index is 0.0965. The zero-order chi connectivity index (χ0) is 13.8. The highest BCUT2D eigenvalue weighted by molar-refractivity contribution is 5.95. The van der Waals surface area contributed by atoms with Crippen molar-refractivity contribution in [2.24, 2.45) is 5.73 Å². The lowest BCUT2D eigenvalue weighted by Gasteiger charge is -2.08. The summed E-state index contributed by atoms with van der Waals surface area (Å²) in [6.45, 7) is 4.79. The summed E-state index contributed by atoms with van der Waals surface area (Å²) in [5.74, 6) is 0.719. The Bertz CT molecular complexity index is 575. The molecule has 19 heavy (non-hydrogen) atoms. The Morgan fingerprint density at radius 3 is 2.84 bits per heavy atom. The third-order valence-corrected chi connectivity index (χ3v) is 2.98. The van der Waals surface area contributed by atoms with Gasteiger partial charge in [-0.05, 0) is 32.0 Å². The summed E-state index contributed by atoms with van der Waals surface area (Å²) < 4.78 is 1.97. The van der Waals surface area contributed by atoms with Gasteiger partial charge < -0.3 is 15.6 Å². The van der Waals surface area contributed by atoms with E-state index in [1.165, 1.54) is 0 Å². The van der Waals surface area contributed by atoms with Crippen LogP contribution in [-0.4, -0.2) is 28.5 Å². The molecule has 0 aliphatic rings. The average Bonchev–Trinajstić information content (AvgIpc) is 2.72. The third-order valence-electron chi connectivity index (χ3n) is 2.98. The van der Waals surface area contributed by atoms with Crippen molar-refractivity contribution < 1.29 is 4.79 Å². The van der Waals surface area contributed by atoms with Crippen molar-refractivity contribution in [1.29, 1.82) is 0 Å². The molecule has 0 saturated carbocycles. The zero-order valence-electron chi connectivity index (χ0n) is 11.2. The van der Waals surface area contributed by atoms with E-state index in [0.29, 0.717) is 18.7 Å². The molecule has 3 N–H and O–H groups in total. The van der Waals surface area contributed by atoms with Crippen LogP contribution in [0, 0.1) is 13.8 Å². The first kappa shape index (κ1) is 13.3. The van der Waals surface area contributed by atoms with E-state index in [4.69, 9.17) is 5.73 Å². The Hall–Kier alpha value is -2.14. The summed E-state index contributed by atoms with van der Waals surface area (Å²) in [6.07, 6.45) is 1.74. The summed E-state index contributed by atoms with van der Waals surface area (Å²) in [7, 11) is 0. The molecule has 0 fully saturated rings. The molecule has 2 aromatic rings. The summed E-state index contributed by atoms with van der Waals surface area (Å²) >= 11 is 0. The topological polar surface area (TPSA) is 72.9 Å². The number of amides is 1. The molecule has 2 heterocycles. The van der Waals surface area contributed by atoms with Gasteiger partial charge in [-0.2, -0.15) is 0 Å². The monoisotopic (exact) mass is 258 g/mol. The van der Waals surface area contributed by atoms with Gasteiger partial charge in [-0.1, -0.05) is 6.07 Å². The minimum Gasteiger partial charge on any atom is -0.351 e. The van der Waals surface area contributed by atoms with Crippen LogP contribution in [0.4, 0.5) is 0 Å². The zero-order valence-corrected chi connectivity index (χ0v) is 11.2. The van der Waals surface area contributed by atoms with Gasteiger partial charge in [0.1, 0.15) is 5.82 Å². The molecule has 2 rings (SSSR count). The van der Waals surface area contributed by atoms with Gasteiger partial charge in [0.05, 0.1) is 5.56 Å². The van der Waals surface area contributed by atoms with Crippen molar-refractivity contribution in [3.8, 4) is 5.82 Å². The second kappa shape index (κ2) is 5.67.